The van der Waals surface area contributed by atoms with E-state index in [0.717, 1.165) is 23.3 Å². The molecule has 0 amide bonds. The summed E-state index contributed by atoms with van der Waals surface area (Å²) in [6.07, 6.45) is 0. The van der Waals surface area contributed by atoms with Gasteiger partial charge in [-0.05, 0) is 45.1 Å². The maximum absolute atomic E-state index is 5.23. The van der Waals surface area contributed by atoms with Crippen molar-refractivity contribution < 1.29 is 4.74 Å². The lowest BCUT2D eigenvalue weighted by atomic mass is 10.0. The van der Waals surface area contributed by atoms with Crippen LogP contribution in [0.3, 0.4) is 0 Å². The van der Waals surface area contributed by atoms with Gasteiger partial charge in [-0.15, -0.1) is 0 Å². The summed E-state index contributed by atoms with van der Waals surface area (Å²) >= 11 is 3.51. The zero-order valence-corrected chi connectivity index (χ0v) is 13.5. The largest absolute Gasteiger partial charge is 0.496 e. The summed E-state index contributed by atoms with van der Waals surface area (Å²) in [6, 6.07) is 16.8. The Balaban J connectivity index is 1.85. The smallest absolute Gasteiger partial charge is 0.133 e. The third-order valence-electron chi connectivity index (χ3n) is 3.36. The van der Waals surface area contributed by atoms with E-state index in [1.165, 1.54) is 11.1 Å². The zero-order chi connectivity index (χ0) is 14.4. The van der Waals surface area contributed by atoms with Gasteiger partial charge in [-0.25, -0.2) is 0 Å². The molecule has 20 heavy (non-hydrogen) atoms. The second-order valence-corrected chi connectivity index (χ2v) is 5.77. The maximum atomic E-state index is 5.23. The van der Waals surface area contributed by atoms with Crippen LogP contribution in [0.2, 0.25) is 0 Å². The molecule has 0 aromatic heterocycles. The van der Waals surface area contributed by atoms with Crippen LogP contribution < -0.4 is 10.1 Å². The molecule has 106 valence electrons. The van der Waals surface area contributed by atoms with Crippen LogP contribution in [0.1, 0.15) is 24.0 Å². The van der Waals surface area contributed by atoms with Crippen LogP contribution in [0.25, 0.3) is 0 Å². The number of rotatable bonds is 6. The minimum Gasteiger partial charge on any atom is -0.496 e. The summed E-state index contributed by atoms with van der Waals surface area (Å²) in [5.41, 5.74) is 2.62. The fourth-order valence-electron chi connectivity index (χ4n) is 2.15. The molecule has 0 saturated carbocycles. The topological polar surface area (TPSA) is 21.3 Å². The van der Waals surface area contributed by atoms with Crippen LogP contribution in [-0.4, -0.2) is 13.7 Å². The normalized spacial score (nSPS) is 12.2. The molecule has 3 heteroatoms. The fourth-order valence-corrected chi connectivity index (χ4v) is 2.74. The van der Waals surface area contributed by atoms with Crippen LogP contribution in [0.5, 0.6) is 5.75 Å². The van der Waals surface area contributed by atoms with Gasteiger partial charge in [0.05, 0.1) is 11.6 Å². The van der Waals surface area contributed by atoms with Gasteiger partial charge in [-0.3, -0.25) is 0 Å². The van der Waals surface area contributed by atoms with Crippen molar-refractivity contribution in [1.29, 1.82) is 0 Å². The molecule has 0 spiro atoms. The molecule has 2 aromatic rings. The molecular formula is C17H20BrNO. The predicted octanol–water partition coefficient (Wildman–Crippen LogP) is 4.35. The van der Waals surface area contributed by atoms with Gasteiger partial charge in [-0.1, -0.05) is 43.3 Å². The van der Waals surface area contributed by atoms with Gasteiger partial charge in [0.15, 0.2) is 0 Å². The van der Waals surface area contributed by atoms with Crippen molar-refractivity contribution in [2.24, 2.45) is 0 Å². The van der Waals surface area contributed by atoms with Crippen LogP contribution in [0.15, 0.2) is 53.0 Å². The van der Waals surface area contributed by atoms with E-state index in [-0.39, 0.29) is 0 Å². The summed E-state index contributed by atoms with van der Waals surface area (Å²) in [7, 11) is 1.68. The first-order valence-electron chi connectivity index (χ1n) is 6.79. The summed E-state index contributed by atoms with van der Waals surface area (Å²) in [6.45, 7) is 4.07. The molecule has 0 radical (unpaired) electrons. The first-order valence-corrected chi connectivity index (χ1v) is 7.58. The molecular weight excluding hydrogens is 314 g/mol. The minimum absolute atomic E-state index is 0.512. The molecule has 1 atom stereocenters. The third kappa shape index (κ3) is 4.09. The lowest BCUT2D eigenvalue weighted by Crippen LogP contribution is -2.19. The Labute approximate surface area is 129 Å². The number of methoxy groups -OCH3 is 1. The number of hydrogen-bond donors (Lipinski definition) is 1. The molecule has 1 unspecified atom stereocenters. The molecule has 2 rings (SSSR count). The maximum Gasteiger partial charge on any atom is 0.133 e. The van der Waals surface area contributed by atoms with E-state index in [0.29, 0.717) is 5.92 Å². The van der Waals surface area contributed by atoms with Gasteiger partial charge < -0.3 is 10.1 Å². The van der Waals surface area contributed by atoms with Crippen LogP contribution in [-0.2, 0) is 6.54 Å². The molecule has 0 saturated heterocycles. The van der Waals surface area contributed by atoms with Crippen molar-refractivity contribution in [2.75, 3.05) is 13.7 Å². The van der Waals surface area contributed by atoms with Crippen molar-refractivity contribution in [1.82, 2.24) is 5.32 Å². The number of hydrogen-bond acceptors (Lipinski definition) is 2. The van der Waals surface area contributed by atoms with Crippen molar-refractivity contribution in [3.8, 4) is 5.75 Å². The Morgan fingerprint density at radius 2 is 1.90 bits per heavy atom. The van der Waals surface area contributed by atoms with Crippen molar-refractivity contribution >= 4 is 15.9 Å². The van der Waals surface area contributed by atoms with Gasteiger partial charge in [0.1, 0.15) is 5.75 Å². The Morgan fingerprint density at radius 3 is 2.55 bits per heavy atom. The van der Waals surface area contributed by atoms with Gasteiger partial charge in [0, 0.05) is 13.1 Å². The Bertz CT molecular complexity index is 542. The van der Waals surface area contributed by atoms with E-state index in [4.69, 9.17) is 4.74 Å². The van der Waals surface area contributed by atoms with Crippen LogP contribution in [0.4, 0.5) is 0 Å². The summed E-state index contributed by atoms with van der Waals surface area (Å²) in [4.78, 5) is 0. The summed E-state index contributed by atoms with van der Waals surface area (Å²) in [5.74, 6) is 1.38. The molecule has 2 aromatic carbocycles. The Morgan fingerprint density at radius 1 is 1.15 bits per heavy atom. The van der Waals surface area contributed by atoms with E-state index in [9.17, 15) is 0 Å². The van der Waals surface area contributed by atoms with Gasteiger partial charge >= 0.3 is 0 Å². The molecule has 0 bridgehead atoms. The second-order valence-electron chi connectivity index (χ2n) is 4.91. The minimum atomic E-state index is 0.512. The highest BCUT2D eigenvalue weighted by Gasteiger charge is 2.05. The monoisotopic (exact) mass is 333 g/mol. The highest BCUT2D eigenvalue weighted by molar-refractivity contribution is 9.10. The number of benzene rings is 2. The Hall–Kier alpha value is -1.32. The SMILES string of the molecule is COc1ccc(CNCC(C)c2ccccc2)cc1Br. The zero-order valence-electron chi connectivity index (χ0n) is 11.9. The molecule has 0 aliphatic rings. The number of ether oxygens (including phenoxy) is 1. The molecule has 0 heterocycles. The first kappa shape index (κ1) is 15.1. The highest BCUT2D eigenvalue weighted by Crippen LogP contribution is 2.25. The van der Waals surface area contributed by atoms with E-state index in [1.807, 2.05) is 6.07 Å². The lowest BCUT2D eigenvalue weighted by molar-refractivity contribution is 0.412. The molecule has 0 aliphatic carbocycles. The lowest BCUT2D eigenvalue weighted by Gasteiger charge is -2.13. The average molecular weight is 334 g/mol. The molecule has 0 aliphatic heterocycles. The third-order valence-corrected chi connectivity index (χ3v) is 3.98. The number of nitrogens with one attached hydrogen (secondary N) is 1. The summed E-state index contributed by atoms with van der Waals surface area (Å²) < 4.78 is 6.23. The van der Waals surface area contributed by atoms with Gasteiger partial charge in [-0.2, -0.15) is 0 Å². The van der Waals surface area contributed by atoms with Crippen molar-refractivity contribution in [3.05, 3.63) is 64.1 Å². The van der Waals surface area contributed by atoms with E-state index in [2.05, 4.69) is 70.6 Å². The van der Waals surface area contributed by atoms with Crippen LogP contribution >= 0.6 is 15.9 Å². The molecule has 1 N–H and O–H groups in total. The van der Waals surface area contributed by atoms with Crippen LogP contribution in [0, 0.1) is 0 Å². The fraction of sp³-hybridized carbons (Fsp3) is 0.294. The van der Waals surface area contributed by atoms with Crippen molar-refractivity contribution in [2.45, 2.75) is 19.4 Å². The second kappa shape index (κ2) is 7.46. The summed E-state index contributed by atoms with van der Waals surface area (Å²) in [5, 5.41) is 3.50. The van der Waals surface area contributed by atoms with E-state index in [1.54, 1.807) is 7.11 Å². The standard InChI is InChI=1S/C17H20BrNO/c1-13(15-6-4-3-5-7-15)11-19-12-14-8-9-17(20-2)16(18)10-14/h3-10,13,19H,11-12H2,1-2H3. The van der Waals surface area contributed by atoms with E-state index < -0.39 is 0 Å². The molecule has 2 nitrogen and oxygen atoms in total. The Kier molecular flexibility index (Phi) is 5.62. The van der Waals surface area contributed by atoms with Crippen molar-refractivity contribution in [3.63, 3.8) is 0 Å². The average Bonchev–Trinajstić information content (AvgIpc) is 2.48. The predicted molar refractivity (Wildman–Crippen MR) is 87.3 cm³/mol. The quantitative estimate of drug-likeness (QED) is 0.848. The first-order chi connectivity index (χ1) is 9.70. The highest BCUT2D eigenvalue weighted by atomic mass is 79.9. The van der Waals surface area contributed by atoms with Gasteiger partial charge in [0.2, 0.25) is 0 Å². The molecule has 0 fully saturated rings. The van der Waals surface area contributed by atoms with Gasteiger partial charge in [0.25, 0.3) is 0 Å². The number of halogens is 1. The van der Waals surface area contributed by atoms with E-state index >= 15 is 0 Å².